The molecule has 3 aromatic rings. The first-order valence-electron chi connectivity index (χ1n) is 11.2. The number of piperidine rings is 1. The van der Waals surface area contributed by atoms with Crippen molar-refractivity contribution >= 4 is 5.91 Å². The Bertz CT molecular complexity index is 1140. The maximum atomic E-state index is 13.9. The molecule has 172 valence electrons. The van der Waals surface area contributed by atoms with Gasteiger partial charge in [0.05, 0.1) is 31.3 Å². The Kier molecular flexibility index (Phi) is 5.95. The zero-order valence-electron chi connectivity index (χ0n) is 18.4. The third kappa shape index (κ3) is 4.28. The van der Waals surface area contributed by atoms with Crippen molar-refractivity contribution in [1.29, 1.82) is 0 Å². The molecule has 1 amide bonds. The maximum absolute atomic E-state index is 13.9. The van der Waals surface area contributed by atoms with E-state index in [-0.39, 0.29) is 24.1 Å². The van der Waals surface area contributed by atoms with Gasteiger partial charge in [0.25, 0.3) is 5.91 Å². The quantitative estimate of drug-likeness (QED) is 0.657. The van der Waals surface area contributed by atoms with E-state index in [1.807, 2.05) is 40.7 Å². The van der Waals surface area contributed by atoms with Gasteiger partial charge in [-0.15, -0.1) is 0 Å². The van der Waals surface area contributed by atoms with Gasteiger partial charge in [0, 0.05) is 31.7 Å². The van der Waals surface area contributed by atoms with E-state index in [2.05, 4.69) is 10.3 Å². The Morgan fingerprint density at radius 2 is 2.00 bits per heavy atom. The fraction of sp³-hybridized carbons (Fsp3) is 0.360. The van der Waals surface area contributed by atoms with Gasteiger partial charge in [0.1, 0.15) is 17.3 Å². The van der Waals surface area contributed by atoms with Gasteiger partial charge < -0.3 is 19.5 Å². The van der Waals surface area contributed by atoms with Gasteiger partial charge in [0.2, 0.25) is 0 Å². The first kappa shape index (κ1) is 21.7. The predicted octanol–water partition coefficient (Wildman–Crippen LogP) is 3.64. The van der Waals surface area contributed by atoms with Gasteiger partial charge in [-0.2, -0.15) is 0 Å². The van der Waals surface area contributed by atoms with E-state index < -0.39 is 11.6 Å². The minimum atomic E-state index is -0.631. The normalized spacial score (nSPS) is 21.5. The number of carbonyl (C=O) groups is 1. The molecule has 0 bridgehead atoms. The Balaban J connectivity index is 1.43. The number of ether oxygens (including phenoxy) is 1. The number of hydrogen-bond acceptors (Lipinski definition) is 4. The number of imidazole rings is 1. The lowest BCUT2D eigenvalue weighted by atomic mass is 9.95. The molecule has 1 aromatic heterocycles. The van der Waals surface area contributed by atoms with Gasteiger partial charge in [-0.1, -0.05) is 24.3 Å². The Labute approximate surface area is 191 Å². The van der Waals surface area contributed by atoms with Gasteiger partial charge >= 0.3 is 0 Å². The Hall–Kier alpha value is -3.10. The summed E-state index contributed by atoms with van der Waals surface area (Å²) in [5.74, 6) is -1.36. The number of hydrogen-bond donors (Lipinski definition) is 1. The van der Waals surface area contributed by atoms with Crippen molar-refractivity contribution in [3.05, 3.63) is 77.9 Å². The molecule has 0 aliphatic carbocycles. The molecule has 3 heterocycles. The van der Waals surface area contributed by atoms with Crippen molar-refractivity contribution in [2.75, 3.05) is 26.2 Å². The topological polar surface area (TPSA) is 59.4 Å². The van der Waals surface area contributed by atoms with E-state index in [1.165, 1.54) is 12.1 Å². The fourth-order valence-corrected chi connectivity index (χ4v) is 4.88. The maximum Gasteiger partial charge on any atom is 0.272 e. The number of morpholine rings is 1. The molecule has 2 saturated heterocycles. The summed E-state index contributed by atoms with van der Waals surface area (Å²) in [6.45, 7) is 4.63. The number of nitrogens with one attached hydrogen (secondary N) is 1. The first-order chi connectivity index (χ1) is 16.0. The first-order valence-corrected chi connectivity index (χ1v) is 11.2. The van der Waals surface area contributed by atoms with E-state index in [0.717, 1.165) is 24.6 Å². The molecule has 0 saturated carbocycles. The van der Waals surface area contributed by atoms with Crippen LogP contribution in [-0.4, -0.2) is 58.7 Å². The summed E-state index contributed by atoms with van der Waals surface area (Å²) in [5, 5.41) is 3.46. The molecule has 2 aromatic carbocycles. The zero-order valence-corrected chi connectivity index (χ0v) is 18.4. The molecule has 5 rings (SSSR count). The third-order valence-corrected chi connectivity index (χ3v) is 6.57. The molecule has 33 heavy (non-hydrogen) atoms. The van der Waals surface area contributed by atoms with Gasteiger partial charge in [-0.25, -0.2) is 13.8 Å². The number of benzene rings is 2. The molecular formula is C25H26F2N4O2. The molecule has 3 atom stereocenters. The van der Waals surface area contributed by atoms with Crippen molar-refractivity contribution in [2.45, 2.75) is 31.5 Å². The van der Waals surface area contributed by atoms with E-state index >= 15 is 0 Å². The third-order valence-electron chi connectivity index (χ3n) is 6.57. The second-order valence-electron chi connectivity index (χ2n) is 8.62. The van der Waals surface area contributed by atoms with Crippen molar-refractivity contribution in [3.8, 4) is 11.1 Å². The average Bonchev–Trinajstić information content (AvgIpc) is 3.32. The summed E-state index contributed by atoms with van der Waals surface area (Å²) in [6, 6.07) is 10.9. The smallest absolute Gasteiger partial charge is 0.272 e. The Morgan fingerprint density at radius 1 is 1.21 bits per heavy atom. The molecular weight excluding hydrogens is 426 g/mol. The standard InChI is InChI=1S/C25H26F2N4O2/c1-16(20-4-2-3-5-21(20)17-10-18(26)12-19(27)11-17)31-15-28-13-23(31)25(32)30-8-6-22-24(14-30)33-9-7-29-22/h2-5,10-13,15-16,22,24,29H,6-9,14H2,1H3/t16-,22-,24-/m0/s1. The summed E-state index contributed by atoms with van der Waals surface area (Å²) in [5.41, 5.74) is 2.47. The molecule has 2 aliphatic heterocycles. The van der Waals surface area contributed by atoms with E-state index in [4.69, 9.17) is 4.74 Å². The molecule has 8 heteroatoms. The van der Waals surface area contributed by atoms with Crippen LogP contribution in [0.4, 0.5) is 8.78 Å². The van der Waals surface area contributed by atoms with E-state index in [9.17, 15) is 13.6 Å². The second-order valence-corrected chi connectivity index (χ2v) is 8.62. The molecule has 1 N–H and O–H groups in total. The van der Waals surface area contributed by atoms with Crippen LogP contribution in [0.25, 0.3) is 11.1 Å². The predicted molar refractivity (Wildman–Crippen MR) is 120 cm³/mol. The van der Waals surface area contributed by atoms with E-state index in [0.29, 0.717) is 36.5 Å². The lowest BCUT2D eigenvalue weighted by molar-refractivity contribution is -0.0417. The molecule has 2 aliphatic rings. The highest BCUT2D eigenvalue weighted by atomic mass is 19.1. The molecule has 0 radical (unpaired) electrons. The summed E-state index contributed by atoms with van der Waals surface area (Å²) < 4.78 is 35.5. The molecule has 2 fully saturated rings. The Morgan fingerprint density at radius 3 is 2.82 bits per heavy atom. The number of aromatic nitrogens is 2. The van der Waals surface area contributed by atoms with Crippen LogP contribution in [0.1, 0.15) is 35.4 Å². The molecule has 6 nitrogen and oxygen atoms in total. The van der Waals surface area contributed by atoms with Gasteiger partial charge in [-0.3, -0.25) is 4.79 Å². The fourth-order valence-electron chi connectivity index (χ4n) is 4.88. The van der Waals surface area contributed by atoms with Crippen LogP contribution < -0.4 is 5.32 Å². The lowest BCUT2D eigenvalue weighted by Gasteiger charge is -2.41. The van der Waals surface area contributed by atoms with Crippen LogP contribution >= 0.6 is 0 Å². The minimum absolute atomic E-state index is 0.00570. The van der Waals surface area contributed by atoms with Crippen LogP contribution in [0.15, 0.2) is 55.0 Å². The number of rotatable bonds is 4. The zero-order chi connectivity index (χ0) is 22.9. The number of halogens is 2. The highest BCUT2D eigenvalue weighted by molar-refractivity contribution is 5.92. The van der Waals surface area contributed by atoms with Crippen LogP contribution in [0.3, 0.4) is 0 Å². The summed E-state index contributed by atoms with van der Waals surface area (Å²) in [4.78, 5) is 19.5. The number of amides is 1. The molecule has 0 spiro atoms. The van der Waals surface area contributed by atoms with Gasteiger partial charge in [-0.05, 0) is 42.2 Å². The van der Waals surface area contributed by atoms with Crippen molar-refractivity contribution in [3.63, 3.8) is 0 Å². The van der Waals surface area contributed by atoms with Crippen LogP contribution in [0.2, 0.25) is 0 Å². The lowest BCUT2D eigenvalue weighted by Crippen LogP contribution is -2.58. The summed E-state index contributed by atoms with van der Waals surface area (Å²) in [7, 11) is 0. The number of carbonyl (C=O) groups excluding carboxylic acids is 1. The van der Waals surface area contributed by atoms with Gasteiger partial charge in [0.15, 0.2) is 0 Å². The van der Waals surface area contributed by atoms with Crippen LogP contribution in [-0.2, 0) is 4.74 Å². The minimum Gasteiger partial charge on any atom is -0.373 e. The summed E-state index contributed by atoms with van der Waals surface area (Å²) >= 11 is 0. The van der Waals surface area contributed by atoms with Crippen molar-refractivity contribution in [1.82, 2.24) is 19.8 Å². The highest BCUT2D eigenvalue weighted by Crippen LogP contribution is 2.32. The second kappa shape index (κ2) is 9.03. The van der Waals surface area contributed by atoms with Crippen LogP contribution in [0, 0.1) is 11.6 Å². The van der Waals surface area contributed by atoms with Crippen LogP contribution in [0.5, 0.6) is 0 Å². The number of likely N-dealkylation sites (tertiary alicyclic amines) is 1. The van der Waals surface area contributed by atoms with Crippen molar-refractivity contribution < 1.29 is 18.3 Å². The van der Waals surface area contributed by atoms with Crippen molar-refractivity contribution in [2.24, 2.45) is 0 Å². The number of fused-ring (bicyclic) bond motifs is 1. The highest BCUT2D eigenvalue weighted by Gasteiger charge is 2.35. The summed E-state index contributed by atoms with van der Waals surface area (Å²) in [6.07, 6.45) is 4.05. The average molecular weight is 453 g/mol. The SMILES string of the molecule is C[C@@H](c1ccccc1-c1cc(F)cc(F)c1)n1cncc1C(=O)N1CC[C@@H]2NCCO[C@H]2C1. The monoisotopic (exact) mass is 452 g/mol. The largest absolute Gasteiger partial charge is 0.373 e. The molecule has 0 unspecified atom stereocenters. The van der Waals surface area contributed by atoms with E-state index in [1.54, 1.807) is 12.5 Å². The number of nitrogens with zero attached hydrogens (tertiary/aromatic N) is 3.